The number of carbonyl (C=O) groups is 5. The van der Waals surface area contributed by atoms with E-state index in [4.69, 9.17) is 21.7 Å². The van der Waals surface area contributed by atoms with Gasteiger partial charge in [0.2, 0.25) is 23.6 Å². The van der Waals surface area contributed by atoms with Crippen LogP contribution in [0.4, 0.5) is 0 Å². The molecule has 0 aliphatic rings. The summed E-state index contributed by atoms with van der Waals surface area (Å²) in [6, 6.07) is -5.83. The van der Waals surface area contributed by atoms with Crippen molar-refractivity contribution in [3.8, 4) is 0 Å². The van der Waals surface area contributed by atoms with Gasteiger partial charge in [0.25, 0.3) is 0 Å². The number of aliphatic carboxylic acids is 1. The molecule has 0 saturated carbocycles. The molecule has 4 amide bonds. The lowest BCUT2D eigenvalue weighted by Gasteiger charge is -2.24. The van der Waals surface area contributed by atoms with Crippen molar-refractivity contribution in [3.63, 3.8) is 0 Å². The van der Waals surface area contributed by atoms with Crippen LogP contribution in [0, 0.1) is 0 Å². The van der Waals surface area contributed by atoms with E-state index in [-0.39, 0.29) is 5.75 Å². The Hall–Kier alpha value is -2.42. The summed E-state index contributed by atoms with van der Waals surface area (Å²) in [7, 11) is 0. The maximum Gasteiger partial charge on any atom is 0.328 e. The summed E-state index contributed by atoms with van der Waals surface area (Å²) in [5, 5.41) is 33.4. The van der Waals surface area contributed by atoms with Crippen LogP contribution in [0.2, 0.25) is 0 Å². The van der Waals surface area contributed by atoms with Crippen molar-refractivity contribution in [2.45, 2.75) is 43.6 Å². The number of thiol groups is 1. The Balaban J connectivity index is 5.21. The molecule has 0 aliphatic heterocycles. The molecule has 0 heterocycles. The lowest BCUT2D eigenvalue weighted by Crippen LogP contribution is -2.59. The van der Waals surface area contributed by atoms with Gasteiger partial charge in [-0.1, -0.05) is 0 Å². The van der Waals surface area contributed by atoms with Gasteiger partial charge in [0.1, 0.15) is 24.2 Å². The van der Waals surface area contributed by atoms with Crippen LogP contribution in [0.5, 0.6) is 0 Å². The molecule has 0 fully saturated rings. The summed E-state index contributed by atoms with van der Waals surface area (Å²) in [4.78, 5) is 58.4. The molecule has 0 aromatic carbocycles. The van der Waals surface area contributed by atoms with Gasteiger partial charge in [-0.05, 0) is 6.92 Å². The zero-order valence-corrected chi connectivity index (χ0v) is 15.9. The third kappa shape index (κ3) is 8.51. The van der Waals surface area contributed by atoms with Gasteiger partial charge >= 0.3 is 5.97 Å². The molecule has 0 spiro atoms. The molecule has 0 rings (SSSR count). The minimum atomic E-state index is -1.66. The second kappa shape index (κ2) is 12.1. The van der Waals surface area contributed by atoms with E-state index in [0.29, 0.717) is 0 Å². The number of rotatable bonds is 12. The molecule has 14 heteroatoms. The highest BCUT2D eigenvalue weighted by Gasteiger charge is 2.31. The molecular formula is C14H25N5O8S. The smallest absolute Gasteiger partial charge is 0.328 e. The van der Waals surface area contributed by atoms with Crippen LogP contribution in [0.15, 0.2) is 0 Å². The SMILES string of the molecule is CC(O)C(N)C(=O)NC(CS)C(=O)NC(CC(N)=O)C(=O)NC(CO)C(=O)O. The molecule has 160 valence electrons. The fraction of sp³-hybridized carbons (Fsp3) is 0.643. The standard InChI is InChI=1S/C14H25N5O8S/c1-5(21)10(16)13(25)19-8(4-28)12(24)17-6(2-9(15)22)11(23)18-7(3-20)14(26)27/h5-8,10,20-21,28H,2-4,16H2,1H3,(H2,15,22)(H,17,24)(H,18,23)(H,19,25)(H,26,27). The fourth-order valence-electron chi connectivity index (χ4n) is 1.82. The number of carboxylic acids is 1. The summed E-state index contributed by atoms with van der Waals surface area (Å²) < 4.78 is 0. The highest BCUT2D eigenvalue weighted by atomic mass is 32.1. The lowest BCUT2D eigenvalue weighted by molar-refractivity contribution is -0.143. The van der Waals surface area contributed by atoms with Crippen molar-refractivity contribution in [2.24, 2.45) is 11.5 Å². The number of hydrogen-bond acceptors (Lipinski definition) is 9. The molecular weight excluding hydrogens is 398 g/mol. The van der Waals surface area contributed by atoms with Crippen molar-refractivity contribution in [1.29, 1.82) is 0 Å². The van der Waals surface area contributed by atoms with Crippen molar-refractivity contribution in [2.75, 3.05) is 12.4 Å². The average molecular weight is 423 g/mol. The van der Waals surface area contributed by atoms with E-state index in [1.807, 2.05) is 5.32 Å². The fourth-order valence-corrected chi connectivity index (χ4v) is 2.08. The normalized spacial score (nSPS) is 16.0. The third-order valence-electron chi connectivity index (χ3n) is 3.47. The first kappa shape index (κ1) is 25.6. The van der Waals surface area contributed by atoms with Crippen LogP contribution in [0.25, 0.3) is 0 Å². The van der Waals surface area contributed by atoms with Crippen LogP contribution >= 0.6 is 12.6 Å². The van der Waals surface area contributed by atoms with Crippen molar-refractivity contribution < 1.29 is 39.3 Å². The van der Waals surface area contributed by atoms with E-state index in [2.05, 4.69) is 23.3 Å². The predicted molar refractivity (Wildman–Crippen MR) is 97.8 cm³/mol. The maximum absolute atomic E-state index is 12.3. The molecule has 5 unspecified atom stereocenters. The Morgan fingerprint density at radius 2 is 1.43 bits per heavy atom. The number of primary amides is 1. The van der Waals surface area contributed by atoms with E-state index in [9.17, 15) is 29.1 Å². The van der Waals surface area contributed by atoms with Gasteiger partial charge in [0, 0.05) is 5.75 Å². The zero-order chi connectivity index (χ0) is 22.0. The summed E-state index contributed by atoms with van der Waals surface area (Å²) in [5.41, 5.74) is 10.5. The molecule has 0 aromatic heterocycles. The minimum Gasteiger partial charge on any atom is -0.480 e. The number of carboxylic acid groups (broad SMARTS) is 1. The second-order valence-electron chi connectivity index (χ2n) is 5.82. The van der Waals surface area contributed by atoms with E-state index in [1.165, 1.54) is 6.92 Å². The molecule has 0 saturated heterocycles. The first-order chi connectivity index (χ1) is 12.9. The maximum atomic E-state index is 12.3. The number of aliphatic hydroxyl groups is 2. The van der Waals surface area contributed by atoms with Gasteiger partial charge in [0.15, 0.2) is 0 Å². The topological polar surface area (TPSA) is 234 Å². The van der Waals surface area contributed by atoms with E-state index < -0.39 is 72.9 Å². The van der Waals surface area contributed by atoms with Gasteiger partial charge in [-0.15, -0.1) is 0 Å². The van der Waals surface area contributed by atoms with Gasteiger partial charge in [-0.3, -0.25) is 19.2 Å². The van der Waals surface area contributed by atoms with Gasteiger partial charge in [0.05, 0.1) is 19.1 Å². The van der Waals surface area contributed by atoms with Gasteiger partial charge < -0.3 is 42.7 Å². The molecule has 0 radical (unpaired) electrons. The van der Waals surface area contributed by atoms with Gasteiger partial charge in [-0.2, -0.15) is 12.6 Å². The van der Waals surface area contributed by atoms with Crippen LogP contribution in [0.3, 0.4) is 0 Å². The van der Waals surface area contributed by atoms with Crippen molar-refractivity contribution in [3.05, 3.63) is 0 Å². The first-order valence-corrected chi connectivity index (χ1v) is 8.65. The number of nitrogens with two attached hydrogens (primary N) is 2. The number of carbonyl (C=O) groups excluding carboxylic acids is 4. The summed E-state index contributed by atoms with van der Waals surface area (Å²) >= 11 is 3.91. The Kier molecular flexibility index (Phi) is 11.1. The van der Waals surface area contributed by atoms with E-state index >= 15 is 0 Å². The summed E-state index contributed by atoms with van der Waals surface area (Å²) in [6.45, 7) is 0.345. The third-order valence-corrected chi connectivity index (χ3v) is 3.84. The lowest BCUT2D eigenvalue weighted by atomic mass is 10.1. The van der Waals surface area contributed by atoms with Crippen LogP contribution in [-0.2, 0) is 24.0 Å². The summed E-state index contributed by atoms with van der Waals surface area (Å²) in [6.07, 6.45) is -1.86. The monoisotopic (exact) mass is 423 g/mol. The average Bonchev–Trinajstić information content (AvgIpc) is 2.61. The second-order valence-corrected chi connectivity index (χ2v) is 6.19. The molecule has 0 aromatic rings. The minimum absolute atomic E-state index is 0.219. The summed E-state index contributed by atoms with van der Waals surface area (Å²) in [5.74, 6) is -5.60. The molecule has 28 heavy (non-hydrogen) atoms. The molecule has 0 aliphatic carbocycles. The van der Waals surface area contributed by atoms with Crippen molar-refractivity contribution >= 4 is 42.2 Å². The van der Waals surface area contributed by atoms with Crippen LogP contribution in [0.1, 0.15) is 13.3 Å². The highest BCUT2D eigenvalue weighted by molar-refractivity contribution is 7.80. The number of amides is 4. The largest absolute Gasteiger partial charge is 0.480 e. The zero-order valence-electron chi connectivity index (χ0n) is 15.0. The van der Waals surface area contributed by atoms with E-state index in [1.54, 1.807) is 0 Å². The Morgan fingerprint density at radius 3 is 1.82 bits per heavy atom. The highest BCUT2D eigenvalue weighted by Crippen LogP contribution is 1.99. The van der Waals surface area contributed by atoms with Crippen LogP contribution < -0.4 is 27.4 Å². The molecule has 0 bridgehead atoms. The first-order valence-electron chi connectivity index (χ1n) is 8.02. The van der Waals surface area contributed by atoms with E-state index in [0.717, 1.165) is 0 Å². The molecule has 13 nitrogen and oxygen atoms in total. The van der Waals surface area contributed by atoms with Gasteiger partial charge in [-0.25, -0.2) is 4.79 Å². The number of hydrogen-bond donors (Lipinski definition) is 9. The Labute approximate surface area is 165 Å². The molecule has 10 N–H and O–H groups in total. The van der Waals surface area contributed by atoms with Crippen LogP contribution in [-0.4, -0.2) is 87.5 Å². The Bertz CT molecular complexity index is 602. The quantitative estimate of drug-likeness (QED) is 0.136. The molecule has 5 atom stereocenters. The number of aliphatic hydroxyl groups excluding tert-OH is 2. The predicted octanol–water partition coefficient (Wildman–Crippen LogP) is -4.97. The Morgan fingerprint density at radius 1 is 0.964 bits per heavy atom. The van der Waals surface area contributed by atoms with Crippen molar-refractivity contribution in [1.82, 2.24) is 16.0 Å². The number of nitrogens with one attached hydrogen (secondary N) is 3.